The Bertz CT molecular complexity index is 834. The summed E-state index contributed by atoms with van der Waals surface area (Å²) in [4.78, 5) is 14.9. The van der Waals surface area contributed by atoms with Crippen LogP contribution >= 0.6 is 0 Å². The van der Waals surface area contributed by atoms with Crippen molar-refractivity contribution < 1.29 is 9.53 Å². The minimum absolute atomic E-state index is 0.00362. The standard InChI is InChI=1S/C22H19NO2/c24-21-20(18-12-6-2-7-13-18)25-22(19-14-8-3-9-15-19)23(21)16-17-10-4-1-5-11-17/h1-15,20,22H,16H2/t20-,22-/m1/s1. The van der Waals surface area contributed by atoms with Crippen LogP contribution in [0, 0.1) is 0 Å². The van der Waals surface area contributed by atoms with Crippen molar-refractivity contribution >= 4 is 5.91 Å². The topological polar surface area (TPSA) is 29.5 Å². The maximum Gasteiger partial charge on any atom is 0.259 e. The van der Waals surface area contributed by atoms with Gasteiger partial charge in [0.2, 0.25) is 0 Å². The SMILES string of the molecule is O=C1[C@@H](c2ccccc2)O[C@H](c2ccccc2)N1Cc1ccccc1. The zero-order valence-corrected chi connectivity index (χ0v) is 13.8. The molecule has 1 aliphatic rings. The van der Waals surface area contributed by atoms with Crippen LogP contribution in [0.5, 0.6) is 0 Å². The molecule has 1 heterocycles. The molecule has 0 radical (unpaired) electrons. The van der Waals surface area contributed by atoms with Crippen LogP contribution < -0.4 is 0 Å². The number of carbonyl (C=O) groups excluding carboxylic acids is 1. The third-order valence-electron chi connectivity index (χ3n) is 4.44. The molecule has 0 aliphatic carbocycles. The number of carbonyl (C=O) groups is 1. The summed E-state index contributed by atoms with van der Waals surface area (Å²) in [5.41, 5.74) is 2.98. The van der Waals surface area contributed by atoms with Crippen LogP contribution in [-0.2, 0) is 16.1 Å². The molecule has 3 heteroatoms. The average Bonchev–Trinajstić information content (AvgIpc) is 3.01. The first-order valence-corrected chi connectivity index (χ1v) is 8.43. The highest BCUT2D eigenvalue weighted by molar-refractivity contribution is 5.84. The van der Waals surface area contributed by atoms with Gasteiger partial charge < -0.3 is 9.64 Å². The Morgan fingerprint density at radius 1 is 0.720 bits per heavy atom. The molecule has 0 unspecified atom stereocenters. The largest absolute Gasteiger partial charge is 0.336 e. The highest BCUT2D eigenvalue weighted by Gasteiger charge is 2.41. The Morgan fingerprint density at radius 3 is 1.84 bits per heavy atom. The monoisotopic (exact) mass is 329 g/mol. The summed E-state index contributed by atoms with van der Waals surface area (Å²) in [6.45, 7) is 0.530. The minimum Gasteiger partial charge on any atom is -0.336 e. The molecule has 0 N–H and O–H groups in total. The number of hydrogen-bond donors (Lipinski definition) is 0. The summed E-state index contributed by atoms with van der Waals surface area (Å²) in [7, 11) is 0. The minimum atomic E-state index is -0.560. The van der Waals surface area contributed by atoms with Crippen molar-refractivity contribution in [1.82, 2.24) is 4.90 Å². The molecule has 2 atom stereocenters. The summed E-state index contributed by atoms with van der Waals surface area (Å²) in [5, 5.41) is 0. The van der Waals surface area contributed by atoms with Crippen molar-refractivity contribution in [2.45, 2.75) is 18.9 Å². The predicted octanol–water partition coefficient (Wildman–Crippen LogP) is 4.49. The van der Waals surface area contributed by atoms with Gasteiger partial charge in [-0.05, 0) is 11.1 Å². The smallest absolute Gasteiger partial charge is 0.259 e. The maximum atomic E-state index is 13.1. The first-order valence-electron chi connectivity index (χ1n) is 8.43. The van der Waals surface area contributed by atoms with Crippen LogP contribution in [0.2, 0.25) is 0 Å². The van der Waals surface area contributed by atoms with Crippen molar-refractivity contribution in [3.05, 3.63) is 108 Å². The fourth-order valence-electron chi connectivity index (χ4n) is 3.19. The molecule has 1 saturated heterocycles. The number of ether oxygens (including phenoxy) is 1. The van der Waals surface area contributed by atoms with Gasteiger partial charge in [-0.15, -0.1) is 0 Å². The van der Waals surface area contributed by atoms with Crippen LogP contribution in [0.4, 0.5) is 0 Å². The lowest BCUT2D eigenvalue weighted by atomic mass is 10.1. The van der Waals surface area contributed by atoms with Crippen LogP contribution in [0.1, 0.15) is 29.0 Å². The average molecular weight is 329 g/mol. The molecular formula is C22H19NO2. The fraction of sp³-hybridized carbons (Fsp3) is 0.136. The van der Waals surface area contributed by atoms with Gasteiger partial charge in [0.1, 0.15) is 0 Å². The molecule has 3 aromatic rings. The van der Waals surface area contributed by atoms with E-state index in [0.29, 0.717) is 6.54 Å². The van der Waals surface area contributed by atoms with Gasteiger partial charge in [-0.25, -0.2) is 0 Å². The molecule has 25 heavy (non-hydrogen) atoms. The number of rotatable bonds is 4. The molecule has 1 fully saturated rings. The lowest BCUT2D eigenvalue weighted by molar-refractivity contribution is -0.131. The second-order valence-electron chi connectivity index (χ2n) is 6.14. The Balaban J connectivity index is 1.68. The maximum absolute atomic E-state index is 13.1. The Hall–Kier alpha value is -2.91. The van der Waals surface area contributed by atoms with Gasteiger partial charge in [-0.3, -0.25) is 4.79 Å². The zero-order valence-electron chi connectivity index (χ0n) is 13.8. The second-order valence-corrected chi connectivity index (χ2v) is 6.14. The van der Waals surface area contributed by atoms with E-state index in [9.17, 15) is 4.79 Å². The Labute approximate surface area is 147 Å². The van der Waals surface area contributed by atoms with Gasteiger partial charge >= 0.3 is 0 Å². The van der Waals surface area contributed by atoms with Crippen LogP contribution in [0.3, 0.4) is 0 Å². The van der Waals surface area contributed by atoms with E-state index in [1.54, 1.807) is 0 Å². The molecule has 1 amide bonds. The van der Waals surface area contributed by atoms with Crippen molar-refractivity contribution in [3.8, 4) is 0 Å². The van der Waals surface area contributed by atoms with Crippen molar-refractivity contribution in [1.29, 1.82) is 0 Å². The van der Waals surface area contributed by atoms with Gasteiger partial charge in [-0.1, -0.05) is 91.0 Å². The van der Waals surface area contributed by atoms with E-state index in [2.05, 4.69) is 0 Å². The molecule has 3 aromatic carbocycles. The van der Waals surface area contributed by atoms with E-state index in [4.69, 9.17) is 4.74 Å². The molecule has 3 nitrogen and oxygen atoms in total. The van der Waals surface area contributed by atoms with Gasteiger partial charge in [0.25, 0.3) is 5.91 Å². The fourth-order valence-corrected chi connectivity index (χ4v) is 3.19. The lowest BCUT2D eigenvalue weighted by Gasteiger charge is -2.23. The summed E-state index contributed by atoms with van der Waals surface area (Å²) >= 11 is 0. The van der Waals surface area contributed by atoms with Crippen LogP contribution in [0.15, 0.2) is 91.0 Å². The molecule has 0 bridgehead atoms. The Morgan fingerprint density at radius 2 is 1.24 bits per heavy atom. The number of nitrogens with zero attached hydrogens (tertiary/aromatic N) is 1. The number of benzene rings is 3. The number of hydrogen-bond acceptors (Lipinski definition) is 2. The number of amides is 1. The second kappa shape index (κ2) is 6.91. The van der Waals surface area contributed by atoms with Crippen LogP contribution in [0.25, 0.3) is 0 Å². The molecule has 124 valence electrons. The third kappa shape index (κ3) is 3.19. The third-order valence-corrected chi connectivity index (χ3v) is 4.44. The van der Waals surface area contributed by atoms with Gasteiger partial charge in [-0.2, -0.15) is 0 Å². The lowest BCUT2D eigenvalue weighted by Crippen LogP contribution is -2.28. The molecule has 4 rings (SSSR count). The first kappa shape index (κ1) is 15.6. The summed E-state index contributed by atoms with van der Waals surface area (Å²) in [6.07, 6.45) is -0.936. The molecule has 0 spiro atoms. The molecule has 0 saturated carbocycles. The summed E-state index contributed by atoms with van der Waals surface area (Å²) in [5.74, 6) is 0.00362. The van der Waals surface area contributed by atoms with Gasteiger partial charge in [0.05, 0.1) is 0 Å². The van der Waals surface area contributed by atoms with E-state index in [0.717, 1.165) is 16.7 Å². The van der Waals surface area contributed by atoms with Gasteiger partial charge in [0, 0.05) is 12.1 Å². The van der Waals surface area contributed by atoms with Gasteiger partial charge in [0.15, 0.2) is 12.3 Å². The van der Waals surface area contributed by atoms with E-state index in [1.165, 1.54) is 0 Å². The van der Waals surface area contributed by atoms with Crippen LogP contribution in [-0.4, -0.2) is 10.8 Å². The van der Waals surface area contributed by atoms with E-state index >= 15 is 0 Å². The molecular weight excluding hydrogens is 310 g/mol. The normalized spacial score (nSPS) is 20.0. The zero-order chi connectivity index (χ0) is 17.1. The van der Waals surface area contributed by atoms with E-state index in [1.807, 2.05) is 95.9 Å². The quantitative estimate of drug-likeness (QED) is 0.706. The highest BCUT2D eigenvalue weighted by Crippen LogP contribution is 2.39. The summed E-state index contributed by atoms with van der Waals surface area (Å²) < 4.78 is 6.21. The molecule has 1 aliphatic heterocycles. The van der Waals surface area contributed by atoms with E-state index in [-0.39, 0.29) is 12.1 Å². The molecule has 0 aromatic heterocycles. The Kier molecular flexibility index (Phi) is 4.32. The van der Waals surface area contributed by atoms with Crippen molar-refractivity contribution in [3.63, 3.8) is 0 Å². The predicted molar refractivity (Wildman–Crippen MR) is 96.4 cm³/mol. The summed E-state index contributed by atoms with van der Waals surface area (Å²) in [6, 6.07) is 29.6. The van der Waals surface area contributed by atoms with E-state index < -0.39 is 6.10 Å². The first-order chi connectivity index (χ1) is 12.3. The van der Waals surface area contributed by atoms with Crippen molar-refractivity contribution in [2.75, 3.05) is 0 Å². The van der Waals surface area contributed by atoms with Crippen molar-refractivity contribution in [2.24, 2.45) is 0 Å². The highest BCUT2D eigenvalue weighted by atomic mass is 16.5.